The first-order valence-corrected chi connectivity index (χ1v) is 6.86. The molecule has 0 radical (unpaired) electrons. The third-order valence-corrected chi connectivity index (χ3v) is 4.28. The van der Waals surface area contributed by atoms with E-state index in [0.29, 0.717) is 0 Å². The third-order valence-electron chi connectivity index (χ3n) is 3.36. The van der Waals surface area contributed by atoms with Gasteiger partial charge in [-0.15, -0.1) is 0 Å². The van der Waals surface area contributed by atoms with Crippen LogP contribution in [0.3, 0.4) is 0 Å². The Hall–Kier alpha value is 0.400. The Bertz CT molecular complexity index is 171. The van der Waals surface area contributed by atoms with Gasteiger partial charge in [0.25, 0.3) is 0 Å². The van der Waals surface area contributed by atoms with E-state index in [9.17, 15) is 0 Å². The van der Waals surface area contributed by atoms with Crippen molar-refractivity contribution in [1.82, 2.24) is 4.90 Å². The van der Waals surface area contributed by atoms with Gasteiger partial charge >= 0.3 is 0 Å². The van der Waals surface area contributed by atoms with Crippen molar-refractivity contribution in [2.24, 2.45) is 11.8 Å². The summed E-state index contributed by atoms with van der Waals surface area (Å²) in [6.45, 7) is 5.85. The van der Waals surface area contributed by atoms with Crippen molar-refractivity contribution in [1.29, 1.82) is 0 Å². The standard InChI is InChI=1S/C11H20BrNO/c12-6-10-2-1-4-13(7-10)8-11-3-5-14-9-11/h10-11H,1-9H2. The molecule has 0 bridgehead atoms. The van der Waals surface area contributed by atoms with E-state index >= 15 is 0 Å². The van der Waals surface area contributed by atoms with Crippen molar-refractivity contribution in [2.45, 2.75) is 19.3 Å². The Morgan fingerprint density at radius 2 is 2.21 bits per heavy atom. The fourth-order valence-corrected chi connectivity index (χ4v) is 3.06. The van der Waals surface area contributed by atoms with E-state index < -0.39 is 0 Å². The molecule has 2 atom stereocenters. The highest BCUT2D eigenvalue weighted by Gasteiger charge is 2.23. The third kappa shape index (κ3) is 2.94. The first kappa shape index (κ1) is 10.9. The van der Waals surface area contributed by atoms with E-state index in [1.165, 1.54) is 44.2 Å². The van der Waals surface area contributed by atoms with Crippen LogP contribution in [0.1, 0.15) is 19.3 Å². The molecule has 0 saturated carbocycles. The van der Waals surface area contributed by atoms with Crippen LogP contribution < -0.4 is 0 Å². The van der Waals surface area contributed by atoms with Crippen molar-refractivity contribution in [3.8, 4) is 0 Å². The Labute approximate surface area is 95.1 Å². The van der Waals surface area contributed by atoms with Gasteiger partial charge in [0.05, 0.1) is 6.61 Å². The number of likely N-dealkylation sites (tertiary alicyclic amines) is 1. The lowest BCUT2D eigenvalue weighted by Gasteiger charge is -2.33. The van der Waals surface area contributed by atoms with E-state index in [-0.39, 0.29) is 0 Å². The summed E-state index contributed by atoms with van der Waals surface area (Å²) in [5.74, 6) is 1.69. The predicted octanol–water partition coefficient (Wildman–Crippen LogP) is 2.13. The lowest BCUT2D eigenvalue weighted by Crippen LogP contribution is -2.39. The van der Waals surface area contributed by atoms with E-state index in [4.69, 9.17) is 4.74 Å². The average Bonchev–Trinajstić information content (AvgIpc) is 2.71. The number of hydrogen-bond donors (Lipinski definition) is 0. The van der Waals surface area contributed by atoms with Gasteiger partial charge in [-0.05, 0) is 37.6 Å². The van der Waals surface area contributed by atoms with Gasteiger partial charge in [0, 0.05) is 25.0 Å². The fourth-order valence-electron chi connectivity index (χ4n) is 2.54. The van der Waals surface area contributed by atoms with Crippen molar-refractivity contribution >= 4 is 15.9 Å². The zero-order valence-corrected chi connectivity index (χ0v) is 10.3. The van der Waals surface area contributed by atoms with Gasteiger partial charge < -0.3 is 9.64 Å². The number of rotatable bonds is 3. The van der Waals surface area contributed by atoms with Gasteiger partial charge in [0.15, 0.2) is 0 Å². The molecular weight excluding hydrogens is 242 g/mol. The summed E-state index contributed by atoms with van der Waals surface area (Å²) < 4.78 is 5.42. The van der Waals surface area contributed by atoms with Crippen molar-refractivity contribution < 1.29 is 4.74 Å². The maximum absolute atomic E-state index is 5.42. The molecule has 2 aliphatic heterocycles. The highest BCUT2D eigenvalue weighted by Crippen LogP contribution is 2.21. The van der Waals surface area contributed by atoms with Crippen LogP contribution in [-0.2, 0) is 4.74 Å². The zero-order valence-electron chi connectivity index (χ0n) is 8.75. The number of alkyl halides is 1. The molecule has 2 heterocycles. The molecule has 3 heteroatoms. The molecule has 2 aliphatic rings. The molecule has 0 amide bonds. The summed E-state index contributed by atoms with van der Waals surface area (Å²) in [5.41, 5.74) is 0. The van der Waals surface area contributed by atoms with Crippen molar-refractivity contribution in [2.75, 3.05) is 38.2 Å². The molecule has 0 aromatic heterocycles. The maximum Gasteiger partial charge on any atom is 0.0507 e. The number of halogens is 1. The van der Waals surface area contributed by atoms with Crippen LogP contribution in [0.25, 0.3) is 0 Å². The van der Waals surface area contributed by atoms with E-state index in [1.807, 2.05) is 0 Å². The van der Waals surface area contributed by atoms with Crippen LogP contribution in [0.5, 0.6) is 0 Å². The van der Waals surface area contributed by atoms with Crippen molar-refractivity contribution in [3.05, 3.63) is 0 Å². The molecule has 2 rings (SSSR count). The highest BCUT2D eigenvalue weighted by atomic mass is 79.9. The highest BCUT2D eigenvalue weighted by molar-refractivity contribution is 9.09. The molecule has 2 fully saturated rings. The second kappa shape index (κ2) is 5.47. The molecule has 2 nitrogen and oxygen atoms in total. The van der Waals surface area contributed by atoms with Gasteiger partial charge in [-0.3, -0.25) is 0 Å². The summed E-state index contributed by atoms with van der Waals surface area (Å²) in [4.78, 5) is 2.63. The Balaban J connectivity index is 1.73. The summed E-state index contributed by atoms with van der Waals surface area (Å²) >= 11 is 3.60. The van der Waals surface area contributed by atoms with Gasteiger partial charge in [-0.25, -0.2) is 0 Å². The predicted molar refractivity (Wildman–Crippen MR) is 61.9 cm³/mol. The van der Waals surface area contributed by atoms with Crippen LogP contribution in [0.2, 0.25) is 0 Å². The topological polar surface area (TPSA) is 12.5 Å². The summed E-state index contributed by atoms with van der Waals surface area (Å²) in [5, 5.41) is 1.17. The Morgan fingerprint density at radius 3 is 2.93 bits per heavy atom. The number of piperidine rings is 1. The smallest absolute Gasteiger partial charge is 0.0507 e. The first-order valence-electron chi connectivity index (χ1n) is 5.74. The summed E-state index contributed by atoms with van der Waals surface area (Å²) in [6, 6.07) is 0. The van der Waals surface area contributed by atoms with Gasteiger partial charge in [0.2, 0.25) is 0 Å². The molecule has 0 aromatic carbocycles. The molecule has 0 aromatic rings. The fraction of sp³-hybridized carbons (Fsp3) is 1.00. The molecule has 82 valence electrons. The lowest BCUT2D eigenvalue weighted by atomic mass is 9.98. The van der Waals surface area contributed by atoms with Crippen LogP contribution in [0, 0.1) is 11.8 Å². The van der Waals surface area contributed by atoms with Crippen LogP contribution in [0.4, 0.5) is 0 Å². The number of nitrogens with zero attached hydrogens (tertiary/aromatic N) is 1. The van der Waals surface area contributed by atoms with Crippen molar-refractivity contribution in [3.63, 3.8) is 0 Å². The number of ether oxygens (including phenoxy) is 1. The molecule has 0 spiro atoms. The summed E-state index contributed by atoms with van der Waals surface area (Å²) in [7, 11) is 0. The largest absolute Gasteiger partial charge is 0.381 e. The van der Waals surface area contributed by atoms with E-state index in [2.05, 4.69) is 20.8 Å². The van der Waals surface area contributed by atoms with Crippen LogP contribution >= 0.6 is 15.9 Å². The first-order chi connectivity index (χ1) is 6.88. The van der Waals surface area contributed by atoms with E-state index in [1.54, 1.807) is 0 Å². The molecular formula is C11H20BrNO. The minimum Gasteiger partial charge on any atom is -0.381 e. The monoisotopic (exact) mass is 261 g/mol. The average molecular weight is 262 g/mol. The Morgan fingerprint density at radius 1 is 1.29 bits per heavy atom. The van der Waals surface area contributed by atoms with Gasteiger partial charge in [-0.1, -0.05) is 15.9 Å². The van der Waals surface area contributed by atoms with Gasteiger partial charge in [0.1, 0.15) is 0 Å². The molecule has 0 aliphatic carbocycles. The minimum absolute atomic E-state index is 0.809. The van der Waals surface area contributed by atoms with Gasteiger partial charge in [-0.2, -0.15) is 0 Å². The maximum atomic E-state index is 5.42. The second-order valence-corrected chi connectivity index (χ2v) is 5.30. The minimum atomic E-state index is 0.809. The zero-order chi connectivity index (χ0) is 9.80. The lowest BCUT2D eigenvalue weighted by molar-refractivity contribution is 0.141. The van der Waals surface area contributed by atoms with Crippen LogP contribution in [-0.4, -0.2) is 43.1 Å². The van der Waals surface area contributed by atoms with Crippen LogP contribution in [0.15, 0.2) is 0 Å². The Kier molecular flexibility index (Phi) is 4.26. The normalized spacial score (nSPS) is 34.9. The SMILES string of the molecule is BrCC1CCCN(CC2CCOC2)C1. The summed E-state index contributed by atoms with van der Waals surface area (Å²) in [6.07, 6.45) is 4.06. The molecule has 0 N–H and O–H groups in total. The quantitative estimate of drug-likeness (QED) is 0.722. The van der Waals surface area contributed by atoms with E-state index in [0.717, 1.165) is 25.0 Å². The number of hydrogen-bond acceptors (Lipinski definition) is 2. The molecule has 14 heavy (non-hydrogen) atoms. The molecule has 2 unspecified atom stereocenters. The second-order valence-electron chi connectivity index (χ2n) is 4.65. The molecule has 2 saturated heterocycles.